The molecule has 0 unspecified atom stereocenters. The summed E-state index contributed by atoms with van der Waals surface area (Å²) in [4.78, 5) is 2.45. The largest absolute Gasteiger partial charge is 0.310 e. The Morgan fingerprint density at radius 3 is 1.68 bits per heavy atom. The number of hydrogen-bond acceptors (Lipinski definition) is 1. The molecule has 1 aromatic heterocycles. The van der Waals surface area contributed by atoms with Crippen LogP contribution in [-0.4, -0.2) is 4.57 Å². The Balaban J connectivity index is 1.03. The van der Waals surface area contributed by atoms with E-state index < -0.39 is 0 Å². The van der Waals surface area contributed by atoms with Crippen molar-refractivity contribution >= 4 is 60.4 Å². The minimum Gasteiger partial charge on any atom is -0.310 e. The number of aromatic nitrogens is 1. The number of hydrogen-bond donors (Lipinski definition) is 0. The molecule has 0 N–H and O–H groups in total. The molecule has 0 fully saturated rings. The van der Waals surface area contributed by atoms with Crippen molar-refractivity contribution in [3.8, 4) is 39.1 Å². The fraction of sp³-hybridized carbons (Fsp3) is 0.0741. The summed E-state index contributed by atoms with van der Waals surface area (Å²) in [5.41, 5.74) is 17.5. The van der Waals surface area contributed by atoms with Gasteiger partial charge in [-0.25, -0.2) is 0 Å². The lowest BCUT2D eigenvalue weighted by Crippen LogP contribution is -2.12. The first-order valence-electron chi connectivity index (χ1n) is 19.7. The number of aryl methyl sites for hydroxylation is 1. The summed E-state index contributed by atoms with van der Waals surface area (Å²) >= 11 is 0. The molecule has 0 radical (unpaired) electrons. The molecule has 2 heteroatoms. The number of para-hydroxylation sites is 2. The molecular weight excluding hydrogens is 677 g/mol. The lowest BCUT2D eigenvalue weighted by atomic mass is 9.78. The third-order valence-electron chi connectivity index (χ3n) is 11.9. The highest BCUT2D eigenvalue weighted by molar-refractivity contribution is 6.13. The van der Waals surface area contributed by atoms with E-state index in [0.717, 1.165) is 11.4 Å². The number of rotatable bonds is 6. The molecule has 0 bridgehead atoms. The first-order chi connectivity index (χ1) is 27.5. The van der Waals surface area contributed by atoms with E-state index in [0.29, 0.717) is 5.92 Å². The van der Waals surface area contributed by atoms with E-state index in [4.69, 9.17) is 0 Å². The molecule has 0 atom stereocenters. The van der Waals surface area contributed by atoms with Crippen LogP contribution in [0.2, 0.25) is 0 Å². The van der Waals surface area contributed by atoms with Crippen molar-refractivity contribution in [3.05, 3.63) is 193 Å². The van der Waals surface area contributed by atoms with Gasteiger partial charge in [0.15, 0.2) is 0 Å². The zero-order chi connectivity index (χ0) is 37.5. The molecule has 1 aliphatic carbocycles. The van der Waals surface area contributed by atoms with E-state index in [-0.39, 0.29) is 0 Å². The highest BCUT2D eigenvalue weighted by Gasteiger charge is 2.25. The molecule has 0 saturated carbocycles. The number of benzene rings is 9. The van der Waals surface area contributed by atoms with E-state index in [1.807, 2.05) is 0 Å². The van der Waals surface area contributed by atoms with Gasteiger partial charge in [0.1, 0.15) is 0 Å². The number of nitrogens with zero attached hydrogens (tertiary/aromatic N) is 2. The second-order valence-corrected chi connectivity index (χ2v) is 15.7. The molecule has 0 aliphatic heterocycles. The molecule has 0 spiro atoms. The first kappa shape index (κ1) is 32.5. The van der Waals surface area contributed by atoms with Gasteiger partial charge in [-0.1, -0.05) is 117 Å². The summed E-state index contributed by atoms with van der Waals surface area (Å²) in [6.45, 7) is 6.77. The van der Waals surface area contributed by atoms with Crippen molar-refractivity contribution in [1.29, 1.82) is 0 Å². The van der Waals surface area contributed by atoms with Crippen LogP contribution < -0.4 is 4.90 Å². The molecule has 266 valence electrons. The second kappa shape index (κ2) is 12.6. The average molecular weight is 717 g/mol. The van der Waals surface area contributed by atoms with Crippen LogP contribution in [0.4, 0.5) is 17.1 Å². The minimum atomic E-state index is 0.427. The molecular formula is C54H40N2. The predicted molar refractivity (Wildman–Crippen MR) is 239 cm³/mol. The van der Waals surface area contributed by atoms with Crippen molar-refractivity contribution in [2.45, 2.75) is 26.7 Å². The maximum atomic E-state index is 2.45. The Morgan fingerprint density at radius 2 is 1.00 bits per heavy atom. The minimum absolute atomic E-state index is 0.427. The maximum absolute atomic E-state index is 2.45. The van der Waals surface area contributed by atoms with Gasteiger partial charge in [-0.3, -0.25) is 0 Å². The van der Waals surface area contributed by atoms with Gasteiger partial charge in [0.2, 0.25) is 0 Å². The Kier molecular flexibility index (Phi) is 7.31. The van der Waals surface area contributed by atoms with E-state index >= 15 is 0 Å². The highest BCUT2D eigenvalue weighted by atomic mass is 15.1. The van der Waals surface area contributed by atoms with Crippen molar-refractivity contribution in [1.82, 2.24) is 4.57 Å². The average Bonchev–Trinajstić information content (AvgIpc) is 3.58. The van der Waals surface area contributed by atoms with Gasteiger partial charge in [0.05, 0.1) is 11.0 Å². The Morgan fingerprint density at radius 1 is 0.429 bits per heavy atom. The summed E-state index contributed by atoms with van der Waals surface area (Å²) in [6.07, 6.45) is 0. The van der Waals surface area contributed by atoms with Crippen LogP contribution in [0.3, 0.4) is 0 Å². The van der Waals surface area contributed by atoms with Crippen LogP contribution in [0.5, 0.6) is 0 Å². The highest BCUT2D eigenvalue weighted by Crippen LogP contribution is 2.51. The van der Waals surface area contributed by atoms with Gasteiger partial charge >= 0.3 is 0 Å². The number of fused-ring (bicyclic) bond motifs is 9. The van der Waals surface area contributed by atoms with Crippen molar-refractivity contribution in [2.24, 2.45) is 0 Å². The summed E-state index contributed by atoms with van der Waals surface area (Å²) in [5, 5.41) is 7.59. The van der Waals surface area contributed by atoms with Crippen LogP contribution >= 0.6 is 0 Å². The molecule has 0 saturated heterocycles. The monoisotopic (exact) mass is 716 g/mol. The van der Waals surface area contributed by atoms with Crippen LogP contribution in [0.1, 0.15) is 30.9 Å². The fourth-order valence-corrected chi connectivity index (χ4v) is 8.99. The predicted octanol–water partition coefficient (Wildman–Crippen LogP) is 15.3. The van der Waals surface area contributed by atoms with E-state index in [2.05, 4.69) is 212 Å². The number of anilines is 3. The quantitative estimate of drug-likeness (QED) is 0.166. The maximum Gasteiger partial charge on any atom is 0.0541 e. The third kappa shape index (κ3) is 5.10. The molecule has 11 rings (SSSR count). The van der Waals surface area contributed by atoms with Crippen molar-refractivity contribution in [3.63, 3.8) is 0 Å². The van der Waals surface area contributed by atoms with Gasteiger partial charge < -0.3 is 9.47 Å². The SMILES string of the molecule is Cc1ccc(C(C)C)cc1N(c1cccc(-c2ccccc2)c1)c1ccc2cc3c(cc2c1)-c1cc2cc(-n4c5ccccc5c5ccccc54)ccc2cc1-3. The summed E-state index contributed by atoms with van der Waals surface area (Å²) in [7, 11) is 0. The fourth-order valence-electron chi connectivity index (χ4n) is 8.99. The Labute approximate surface area is 327 Å². The molecule has 2 nitrogen and oxygen atoms in total. The molecule has 9 aromatic carbocycles. The van der Waals surface area contributed by atoms with Gasteiger partial charge in [-0.05, 0) is 158 Å². The summed E-state index contributed by atoms with van der Waals surface area (Å²) < 4.78 is 2.41. The van der Waals surface area contributed by atoms with E-state index in [1.54, 1.807) is 0 Å². The Hall–Kier alpha value is -6.90. The zero-order valence-corrected chi connectivity index (χ0v) is 31.8. The third-order valence-corrected chi connectivity index (χ3v) is 11.9. The van der Waals surface area contributed by atoms with Gasteiger partial charge in [-0.15, -0.1) is 0 Å². The lowest BCUT2D eigenvalue weighted by Gasteiger charge is -2.29. The summed E-state index contributed by atoms with van der Waals surface area (Å²) in [6, 6.07) is 67.5. The van der Waals surface area contributed by atoms with Gasteiger partial charge in [0, 0.05) is 33.5 Å². The van der Waals surface area contributed by atoms with Crippen molar-refractivity contribution < 1.29 is 0 Å². The smallest absolute Gasteiger partial charge is 0.0541 e. The summed E-state index contributed by atoms with van der Waals surface area (Å²) in [5.74, 6) is 0.427. The van der Waals surface area contributed by atoms with Gasteiger partial charge in [-0.2, -0.15) is 0 Å². The van der Waals surface area contributed by atoms with E-state index in [1.165, 1.54) is 99.2 Å². The zero-order valence-electron chi connectivity index (χ0n) is 31.8. The van der Waals surface area contributed by atoms with E-state index in [9.17, 15) is 0 Å². The normalized spacial score (nSPS) is 12.0. The first-order valence-corrected chi connectivity index (χ1v) is 19.7. The Bertz CT molecular complexity index is 3130. The second-order valence-electron chi connectivity index (χ2n) is 15.7. The molecule has 10 aromatic rings. The standard InChI is InChI=1S/C54H40N2/c1-34(2)37-21-20-35(3)54(33-37)55(43-15-11-14-38(26-43)36-12-5-4-6-13-36)44-24-22-39-29-48-49-30-40-23-25-45(28-42(40)32-51(49)50(48)31-41(39)27-44)56-52-18-9-7-16-46(52)47-17-8-10-19-53(47)56/h4-34H,1-3H3. The van der Waals surface area contributed by atoms with Crippen molar-refractivity contribution in [2.75, 3.05) is 4.90 Å². The van der Waals surface area contributed by atoms with Crippen LogP contribution in [-0.2, 0) is 0 Å². The molecule has 56 heavy (non-hydrogen) atoms. The lowest BCUT2D eigenvalue weighted by molar-refractivity contribution is 0.865. The topological polar surface area (TPSA) is 8.17 Å². The molecule has 1 aliphatic rings. The molecule has 0 amide bonds. The van der Waals surface area contributed by atoms with Crippen LogP contribution in [0.15, 0.2) is 182 Å². The van der Waals surface area contributed by atoms with Crippen LogP contribution in [0, 0.1) is 6.92 Å². The van der Waals surface area contributed by atoms with Crippen LogP contribution in [0.25, 0.3) is 82.4 Å². The molecule has 1 heterocycles. The van der Waals surface area contributed by atoms with Gasteiger partial charge in [0.25, 0.3) is 0 Å².